The van der Waals surface area contributed by atoms with Crippen molar-refractivity contribution in [3.05, 3.63) is 89.0 Å². The molecule has 1 aromatic heterocycles. The number of aryl methyl sites for hydroxylation is 1. The third-order valence-corrected chi connectivity index (χ3v) is 6.53. The first-order valence-electron chi connectivity index (χ1n) is 10.5. The van der Waals surface area contributed by atoms with Gasteiger partial charge in [0.1, 0.15) is 16.1 Å². The standard InChI is InChI=1S/C25H29N3O4S/c1-18-9-11-19(12-10-18)17-28-15-7-6-8-23(28)26-24(29)20-13-14-21(32-5)22(16-20)33(30,31)27-25(2,3)4/h6-16,27H,17H2,1-5H3. The summed E-state index contributed by atoms with van der Waals surface area (Å²) < 4.78 is 35.5. The summed E-state index contributed by atoms with van der Waals surface area (Å²) in [6.45, 7) is 7.79. The SMILES string of the molecule is COc1ccc(C(=O)N=c2ccccn2Cc2ccc(C)cc2)cc1S(=O)(=O)NC(C)(C)C. The van der Waals surface area contributed by atoms with Gasteiger partial charge in [0.2, 0.25) is 10.0 Å². The summed E-state index contributed by atoms with van der Waals surface area (Å²) in [7, 11) is -2.53. The summed E-state index contributed by atoms with van der Waals surface area (Å²) in [4.78, 5) is 17.1. The van der Waals surface area contributed by atoms with Crippen LogP contribution in [0.5, 0.6) is 5.75 Å². The lowest BCUT2D eigenvalue weighted by molar-refractivity contribution is 0.0997. The van der Waals surface area contributed by atoms with Gasteiger partial charge < -0.3 is 9.30 Å². The van der Waals surface area contributed by atoms with E-state index in [4.69, 9.17) is 4.74 Å². The molecule has 174 valence electrons. The minimum Gasteiger partial charge on any atom is -0.495 e. The van der Waals surface area contributed by atoms with Crippen molar-refractivity contribution in [3.63, 3.8) is 0 Å². The number of methoxy groups -OCH3 is 1. The molecule has 1 heterocycles. The highest BCUT2D eigenvalue weighted by molar-refractivity contribution is 7.89. The molecule has 1 amide bonds. The smallest absolute Gasteiger partial charge is 0.278 e. The fraction of sp³-hybridized carbons (Fsp3) is 0.280. The summed E-state index contributed by atoms with van der Waals surface area (Å²) in [5, 5.41) is 0. The van der Waals surface area contributed by atoms with Gasteiger partial charge in [0.25, 0.3) is 5.91 Å². The van der Waals surface area contributed by atoms with Gasteiger partial charge in [0.15, 0.2) is 0 Å². The van der Waals surface area contributed by atoms with Crippen LogP contribution in [0.15, 0.2) is 76.7 Å². The fourth-order valence-corrected chi connectivity index (χ4v) is 4.85. The maximum atomic E-state index is 13.0. The lowest BCUT2D eigenvalue weighted by Crippen LogP contribution is -2.40. The maximum absolute atomic E-state index is 13.0. The number of carbonyl (C=O) groups excluding carboxylic acids is 1. The molecule has 0 saturated carbocycles. The molecule has 0 spiro atoms. The number of hydrogen-bond acceptors (Lipinski definition) is 4. The van der Waals surface area contributed by atoms with E-state index >= 15 is 0 Å². The Labute approximate surface area is 194 Å². The number of aromatic nitrogens is 1. The fourth-order valence-electron chi connectivity index (χ4n) is 3.24. The summed E-state index contributed by atoms with van der Waals surface area (Å²) in [5.41, 5.74) is 2.17. The average molecular weight is 468 g/mol. The molecule has 33 heavy (non-hydrogen) atoms. The summed E-state index contributed by atoms with van der Waals surface area (Å²) in [6, 6.07) is 17.8. The van der Waals surface area contributed by atoms with Gasteiger partial charge in [-0.2, -0.15) is 4.99 Å². The number of pyridine rings is 1. The first kappa shape index (κ1) is 24.4. The summed E-state index contributed by atoms with van der Waals surface area (Å²) in [5.74, 6) is -0.397. The number of nitrogens with zero attached hydrogens (tertiary/aromatic N) is 2. The molecule has 0 radical (unpaired) electrons. The molecule has 0 atom stereocenters. The predicted molar refractivity (Wildman–Crippen MR) is 128 cm³/mol. The van der Waals surface area contributed by atoms with Crippen LogP contribution in [0.4, 0.5) is 0 Å². The normalized spacial score (nSPS) is 12.6. The van der Waals surface area contributed by atoms with Crippen molar-refractivity contribution in [1.82, 2.24) is 9.29 Å². The molecule has 3 aromatic rings. The number of rotatable bonds is 6. The maximum Gasteiger partial charge on any atom is 0.278 e. The molecule has 0 bridgehead atoms. The first-order chi connectivity index (χ1) is 15.5. The Hall–Kier alpha value is -3.23. The summed E-state index contributed by atoms with van der Waals surface area (Å²) >= 11 is 0. The van der Waals surface area contributed by atoms with Crippen molar-refractivity contribution >= 4 is 15.9 Å². The highest BCUT2D eigenvalue weighted by Gasteiger charge is 2.26. The molecule has 0 aliphatic heterocycles. The van der Waals surface area contributed by atoms with Crippen LogP contribution in [0.3, 0.4) is 0 Å². The highest BCUT2D eigenvalue weighted by atomic mass is 32.2. The molecule has 7 nitrogen and oxygen atoms in total. The van der Waals surface area contributed by atoms with Gasteiger partial charge in [-0.05, 0) is 63.6 Å². The third-order valence-electron chi connectivity index (χ3n) is 4.75. The van der Waals surface area contributed by atoms with E-state index in [0.717, 1.165) is 5.56 Å². The van der Waals surface area contributed by atoms with E-state index in [1.165, 1.54) is 30.9 Å². The molecule has 2 aromatic carbocycles. The molecule has 0 unspecified atom stereocenters. The molecule has 1 N–H and O–H groups in total. The third kappa shape index (κ3) is 6.40. The Morgan fingerprint density at radius 3 is 2.39 bits per heavy atom. The van der Waals surface area contributed by atoms with Crippen molar-refractivity contribution in [2.45, 2.75) is 44.7 Å². The van der Waals surface area contributed by atoms with Gasteiger partial charge in [0.05, 0.1) is 7.11 Å². The van der Waals surface area contributed by atoms with Crippen LogP contribution in [0.1, 0.15) is 42.3 Å². The minimum absolute atomic E-state index is 0.110. The zero-order chi connectivity index (χ0) is 24.2. The second kappa shape index (κ2) is 9.72. The highest BCUT2D eigenvalue weighted by Crippen LogP contribution is 2.26. The molecular weight excluding hydrogens is 438 g/mol. The monoisotopic (exact) mass is 467 g/mol. The van der Waals surface area contributed by atoms with Crippen LogP contribution in [-0.2, 0) is 16.6 Å². The van der Waals surface area contributed by atoms with E-state index < -0.39 is 21.5 Å². The van der Waals surface area contributed by atoms with Crippen LogP contribution < -0.4 is 14.9 Å². The number of carbonyl (C=O) groups is 1. The minimum atomic E-state index is -3.92. The molecule has 8 heteroatoms. The van der Waals surface area contributed by atoms with E-state index in [1.54, 1.807) is 32.9 Å². The first-order valence-corrected chi connectivity index (χ1v) is 12.0. The van der Waals surface area contributed by atoms with Crippen molar-refractivity contribution in [2.75, 3.05) is 7.11 Å². The van der Waals surface area contributed by atoms with E-state index in [9.17, 15) is 13.2 Å². The van der Waals surface area contributed by atoms with Gasteiger partial charge in [-0.1, -0.05) is 35.9 Å². The Morgan fingerprint density at radius 2 is 1.76 bits per heavy atom. The van der Waals surface area contributed by atoms with Crippen LogP contribution >= 0.6 is 0 Å². The number of amides is 1. The number of nitrogens with one attached hydrogen (secondary N) is 1. The van der Waals surface area contributed by atoms with Gasteiger partial charge >= 0.3 is 0 Å². The Kier molecular flexibility index (Phi) is 7.19. The van der Waals surface area contributed by atoms with Crippen molar-refractivity contribution in [1.29, 1.82) is 0 Å². The second-order valence-electron chi connectivity index (χ2n) is 8.81. The molecule has 0 fully saturated rings. The number of sulfonamides is 1. The lowest BCUT2D eigenvalue weighted by Gasteiger charge is -2.21. The number of ether oxygens (including phenoxy) is 1. The van der Waals surface area contributed by atoms with Gasteiger partial charge in [-0.25, -0.2) is 13.1 Å². The topological polar surface area (TPSA) is 89.8 Å². The molecule has 3 rings (SSSR count). The van der Waals surface area contributed by atoms with Crippen LogP contribution in [0, 0.1) is 6.92 Å². The Balaban J connectivity index is 1.99. The predicted octanol–water partition coefficient (Wildman–Crippen LogP) is 3.67. The molecular formula is C25H29N3O4S. The van der Waals surface area contributed by atoms with Gasteiger partial charge in [-0.15, -0.1) is 0 Å². The Morgan fingerprint density at radius 1 is 1.06 bits per heavy atom. The Bertz CT molecular complexity index is 1320. The zero-order valence-electron chi connectivity index (χ0n) is 19.5. The van der Waals surface area contributed by atoms with Gasteiger partial charge in [0, 0.05) is 23.8 Å². The molecule has 0 saturated heterocycles. The largest absolute Gasteiger partial charge is 0.495 e. The second-order valence-corrected chi connectivity index (χ2v) is 10.5. The van der Waals surface area contributed by atoms with E-state index in [-0.39, 0.29) is 16.2 Å². The van der Waals surface area contributed by atoms with Gasteiger partial charge in [-0.3, -0.25) is 4.79 Å². The van der Waals surface area contributed by atoms with E-state index in [1.807, 2.05) is 48.0 Å². The average Bonchev–Trinajstić information content (AvgIpc) is 2.74. The van der Waals surface area contributed by atoms with Crippen LogP contribution in [0.2, 0.25) is 0 Å². The lowest BCUT2D eigenvalue weighted by atomic mass is 10.1. The van der Waals surface area contributed by atoms with Crippen LogP contribution in [0.25, 0.3) is 0 Å². The van der Waals surface area contributed by atoms with E-state index in [2.05, 4.69) is 9.71 Å². The zero-order valence-corrected chi connectivity index (χ0v) is 20.3. The number of hydrogen-bond donors (Lipinski definition) is 1. The molecule has 0 aliphatic carbocycles. The van der Waals surface area contributed by atoms with Crippen molar-refractivity contribution in [2.24, 2.45) is 4.99 Å². The van der Waals surface area contributed by atoms with Crippen molar-refractivity contribution < 1.29 is 17.9 Å². The van der Waals surface area contributed by atoms with Crippen LogP contribution in [-0.4, -0.2) is 31.5 Å². The number of benzene rings is 2. The molecule has 0 aliphatic rings. The van der Waals surface area contributed by atoms with E-state index in [0.29, 0.717) is 12.0 Å². The van der Waals surface area contributed by atoms with Crippen molar-refractivity contribution in [3.8, 4) is 5.75 Å². The quantitative estimate of drug-likeness (QED) is 0.599. The summed E-state index contributed by atoms with van der Waals surface area (Å²) in [6.07, 6.45) is 1.85.